The highest BCUT2D eigenvalue weighted by molar-refractivity contribution is 5.92. The highest BCUT2D eigenvalue weighted by atomic mass is 16.6. The normalized spacial score (nSPS) is 15.7. The first-order valence-electron chi connectivity index (χ1n) is 10.1. The SMILES string of the molecule is COc1ccc(NC(=O)NC2CCN(C(C)C)CC2)cc1NC(=O)OC(C)(C)C. The Morgan fingerprint density at radius 3 is 2.34 bits per heavy atom. The Balaban J connectivity index is 1.95. The minimum atomic E-state index is -0.613. The third-order valence-electron chi connectivity index (χ3n) is 4.69. The van der Waals surface area contributed by atoms with Gasteiger partial charge in [-0.2, -0.15) is 0 Å². The van der Waals surface area contributed by atoms with Gasteiger partial charge in [0, 0.05) is 30.9 Å². The van der Waals surface area contributed by atoms with Crippen LogP contribution in [0.3, 0.4) is 0 Å². The molecule has 162 valence electrons. The van der Waals surface area contributed by atoms with Crippen molar-refractivity contribution in [3.63, 3.8) is 0 Å². The molecule has 1 aliphatic rings. The van der Waals surface area contributed by atoms with E-state index in [0.29, 0.717) is 23.2 Å². The molecule has 2 rings (SSSR count). The lowest BCUT2D eigenvalue weighted by molar-refractivity contribution is 0.0635. The number of carbonyl (C=O) groups is 2. The number of carbonyl (C=O) groups excluding carboxylic acids is 2. The van der Waals surface area contributed by atoms with Crippen LogP contribution >= 0.6 is 0 Å². The summed E-state index contributed by atoms with van der Waals surface area (Å²) in [5.41, 5.74) is 0.358. The third kappa shape index (κ3) is 7.45. The van der Waals surface area contributed by atoms with E-state index in [0.717, 1.165) is 25.9 Å². The van der Waals surface area contributed by atoms with Gasteiger partial charge in [0.2, 0.25) is 0 Å². The van der Waals surface area contributed by atoms with Gasteiger partial charge in [-0.25, -0.2) is 9.59 Å². The van der Waals surface area contributed by atoms with Crippen molar-refractivity contribution in [2.45, 2.75) is 65.1 Å². The summed E-state index contributed by atoms with van der Waals surface area (Å²) < 4.78 is 10.6. The van der Waals surface area contributed by atoms with Gasteiger partial charge >= 0.3 is 12.1 Å². The number of urea groups is 1. The smallest absolute Gasteiger partial charge is 0.412 e. The molecule has 1 fully saturated rings. The van der Waals surface area contributed by atoms with E-state index >= 15 is 0 Å². The van der Waals surface area contributed by atoms with E-state index in [9.17, 15) is 9.59 Å². The first-order chi connectivity index (χ1) is 13.6. The van der Waals surface area contributed by atoms with Gasteiger partial charge in [-0.3, -0.25) is 5.32 Å². The number of hydrogen-bond acceptors (Lipinski definition) is 5. The standard InChI is InChI=1S/C21H34N4O4/c1-14(2)25-11-9-15(10-12-25)22-19(26)23-16-7-8-18(28-6)17(13-16)24-20(27)29-21(3,4)5/h7-8,13-15H,9-12H2,1-6H3,(H,24,27)(H2,22,23,26). The number of methoxy groups -OCH3 is 1. The number of nitrogens with one attached hydrogen (secondary N) is 3. The fraction of sp³-hybridized carbons (Fsp3) is 0.619. The zero-order valence-electron chi connectivity index (χ0n) is 18.3. The quantitative estimate of drug-likeness (QED) is 0.686. The molecule has 8 nitrogen and oxygen atoms in total. The van der Waals surface area contributed by atoms with E-state index < -0.39 is 11.7 Å². The molecule has 0 spiro atoms. The lowest BCUT2D eigenvalue weighted by atomic mass is 10.0. The predicted molar refractivity (Wildman–Crippen MR) is 115 cm³/mol. The molecule has 29 heavy (non-hydrogen) atoms. The maximum Gasteiger partial charge on any atom is 0.412 e. The van der Waals surface area contributed by atoms with Gasteiger partial charge in [0.25, 0.3) is 0 Å². The van der Waals surface area contributed by atoms with Crippen molar-refractivity contribution >= 4 is 23.5 Å². The van der Waals surface area contributed by atoms with Crippen molar-refractivity contribution < 1.29 is 19.1 Å². The fourth-order valence-corrected chi connectivity index (χ4v) is 3.21. The Morgan fingerprint density at radius 1 is 1.14 bits per heavy atom. The van der Waals surface area contributed by atoms with E-state index in [1.807, 2.05) is 0 Å². The summed E-state index contributed by atoms with van der Waals surface area (Å²) in [6, 6.07) is 5.47. The van der Waals surface area contributed by atoms with Crippen LogP contribution in [0.1, 0.15) is 47.5 Å². The van der Waals surface area contributed by atoms with Crippen LogP contribution in [0.4, 0.5) is 21.0 Å². The third-order valence-corrected chi connectivity index (χ3v) is 4.69. The summed E-state index contributed by atoms with van der Waals surface area (Å²) >= 11 is 0. The van der Waals surface area contributed by atoms with Crippen LogP contribution in [0.25, 0.3) is 0 Å². The molecule has 1 aromatic carbocycles. The highest BCUT2D eigenvalue weighted by Gasteiger charge is 2.22. The predicted octanol–water partition coefficient (Wildman–Crippen LogP) is 4.04. The van der Waals surface area contributed by atoms with E-state index in [4.69, 9.17) is 9.47 Å². The molecule has 0 radical (unpaired) electrons. The number of ether oxygens (including phenoxy) is 2. The van der Waals surface area contributed by atoms with Crippen LogP contribution in [-0.2, 0) is 4.74 Å². The largest absolute Gasteiger partial charge is 0.495 e. The summed E-state index contributed by atoms with van der Waals surface area (Å²) in [6.07, 6.45) is 1.27. The second-order valence-corrected chi connectivity index (χ2v) is 8.54. The first-order valence-corrected chi connectivity index (χ1v) is 10.1. The second kappa shape index (κ2) is 9.82. The zero-order valence-corrected chi connectivity index (χ0v) is 18.3. The Kier molecular flexibility index (Phi) is 7.73. The van der Waals surface area contributed by atoms with Crippen molar-refractivity contribution in [3.05, 3.63) is 18.2 Å². The number of rotatable bonds is 5. The molecular formula is C21H34N4O4. The molecule has 0 unspecified atom stereocenters. The van der Waals surface area contributed by atoms with Gasteiger partial charge in [0.1, 0.15) is 11.4 Å². The minimum Gasteiger partial charge on any atom is -0.495 e. The summed E-state index contributed by atoms with van der Waals surface area (Å²) in [5.74, 6) is 0.475. The molecule has 8 heteroatoms. The summed E-state index contributed by atoms with van der Waals surface area (Å²) in [4.78, 5) is 26.9. The van der Waals surface area contributed by atoms with Crippen LogP contribution in [-0.4, -0.2) is 54.9 Å². The van der Waals surface area contributed by atoms with Crippen LogP contribution in [0.5, 0.6) is 5.75 Å². The Hall–Kier alpha value is -2.48. The van der Waals surface area contributed by atoms with Gasteiger partial charge in [0.05, 0.1) is 12.8 Å². The highest BCUT2D eigenvalue weighted by Crippen LogP contribution is 2.28. The number of benzene rings is 1. The molecule has 0 aromatic heterocycles. The number of piperidine rings is 1. The van der Waals surface area contributed by atoms with Gasteiger partial charge in [-0.15, -0.1) is 0 Å². The number of anilines is 2. The monoisotopic (exact) mass is 406 g/mol. The molecule has 1 aliphatic heterocycles. The van der Waals surface area contributed by atoms with Crippen molar-refractivity contribution in [1.29, 1.82) is 0 Å². The van der Waals surface area contributed by atoms with Gasteiger partial charge in [-0.05, 0) is 65.7 Å². The molecule has 1 saturated heterocycles. The van der Waals surface area contributed by atoms with Gasteiger partial charge in [0.15, 0.2) is 0 Å². The van der Waals surface area contributed by atoms with Crippen LogP contribution in [0.2, 0.25) is 0 Å². The van der Waals surface area contributed by atoms with Crippen molar-refractivity contribution in [2.24, 2.45) is 0 Å². The number of hydrogen-bond donors (Lipinski definition) is 3. The van der Waals surface area contributed by atoms with Crippen LogP contribution in [0.15, 0.2) is 18.2 Å². The van der Waals surface area contributed by atoms with Gasteiger partial charge < -0.3 is 25.0 Å². The maximum absolute atomic E-state index is 12.4. The van der Waals surface area contributed by atoms with Crippen molar-refractivity contribution in [3.8, 4) is 5.75 Å². The van der Waals surface area contributed by atoms with E-state index in [1.54, 1.807) is 39.0 Å². The molecule has 0 saturated carbocycles. The fourth-order valence-electron chi connectivity index (χ4n) is 3.21. The molecule has 3 N–H and O–H groups in total. The van der Waals surface area contributed by atoms with E-state index in [-0.39, 0.29) is 12.1 Å². The molecule has 0 aliphatic carbocycles. The first kappa shape index (κ1) is 22.8. The lowest BCUT2D eigenvalue weighted by Gasteiger charge is -2.34. The summed E-state index contributed by atoms with van der Waals surface area (Å²) in [6.45, 7) is 11.7. The van der Waals surface area contributed by atoms with Crippen LogP contribution in [0, 0.1) is 0 Å². The molecule has 3 amide bonds. The second-order valence-electron chi connectivity index (χ2n) is 8.54. The molecule has 0 bridgehead atoms. The summed E-state index contributed by atoms with van der Waals surface area (Å²) in [5, 5.41) is 8.52. The summed E-state index contributed by atoms with van der Waals surface area (Å²) in [7, 11) is 1.51. The lowest BCUT2D eigenvalue weighted by Crippen LogP contribution is -2.47. The average molecular weight is 407 g/mol. The minimum absolute atomic E-state index is 0.155. The number of likely N-dealkylation sites (tertiary alicyclic amines) is 1. The maximum atomic E-state index is 12.4. The zero-order chi connectivity index (χ0) is 21.6. The number of amides is 3. The Labute approximate surface area is 173 Å². The van der Waals surface area contributed by atoms with Crippen molar-refractivity contribution in [2.75, 3.05) is 30.8 Å². The number of nitrogens with zero attached hydrogens (tertiary/aromatic N) is 1. The van der Waals surface area contributed by atoms with Gasteiger partial charge in [-0.1, -0.05) is 0 Å². The topological polar surface area (TPSA) is 91.9 Å². The van der Waals surface area contributed by atoms with E-state index in [2.05, 4.69) is 34.7 Å². The Morgan fingerprint density at radius 2 is 1.79 bits per heavy atom. The van der Waals surface area contributed by atoms with E-state index in [1.165, 1.54) is 7.11 Å². The molecular weight excluding hydrogens is 372 g/mol. The molecule has 1 heterocycles. The van der Waals surface area contributed by atoms with Crippen molar-refractivity contribution in [1.82, 2.24) is 10.2 Å². The molecule has 1 aromatic rings. The van der Waals surface area contributed by atoms with Crippen LogP contribution < -0.4 is 20.7 Å². The average Bonchev–Trinajstić information content (AvgIpc) is 2.60. The Bertz CT molecular complexity index is 707. The molecule has 0 atom stereocenters.